The monoisotopic (exact) mass is 654 g/mol. The fourth-order valence-electron chi connectivity index (χ4n) is 3.77. The van der Waals surface area contributed by atoms with Gasteiger partial charge in [-0.25, -0.2) is 4.79 Å². The van der Waals surface area contributed by atoms with Gasteiger partial charge < -0.3 is 20.1 Å². The van der Waals surface area contributed by atoms with Gasteiger partial charge in [-0.1, -0.05) is 0 Å². The van der Waals surface area contributed by atoms with E-state index in [2.05, 4.69) is 31.1 Å². The number of nitrogens with zero attached hydrogens (tertiary/aromatic N) is 4. The van der Waals surface area contributed by atoms with Crippen LogP contribution in [-0.4, -0.2) is 46.2 Å². The quantitative estimate of drug-likeness (QED) is 0.102. The summed E-state index contributed by atoms with van der Waals surface area (Å²) in [5.41, 5.74) is 2.81. The van der Waals surface area contributed by atoms with Crippen molar-refractivity contribution in [1.29, 1.82) is 0 Å². The smallest absolute Gasteiger partial charge is 0.323 e. The average molecular weight is 655 g/mol. The van der Waals surface area contributed by atoms with E-state index in [0.29, 0.717) is 45.4 Å². The molecule has 2 amide bonds. The molecule has 0 aliphatic rings. The summed E-state index contributed by atoms with van der Waals surface area (Å²) in [4.78, 5) is 12.3. The van der Waals surface area contributed by atoms with E-state index in [1.165, 1.54) is 68.8 Å². The van der Waals surface area contributed by atoms with E-state index in [1.807, 2.05) is 0 Å². The molecule has 4 N–H and O–H groups in total. The second-order valence-electron chi connectivity index (χ2n) is 9.14. The molecule has 4 rings (SSSR count). The third kappa shape index (κ3) is 8.67. The summed E-state index contributed by atoms with van der Waals surface area (Å²) in [6.07, 6.45) is 0. The van der Waals surface area contributed by atoms with Gasteiger partial charge in [0.1, 0.15) is 11.5 Å². The summed E-state index contributed by atoms with van der Waals surface area (Å²) in [6, 6.07) is 17.6. The van der Waals surface area contributed by atoms with Gasteiger partial charge in [-0.05, 0) is 79.2 Å². The summed E-state index contributed by atoms with van der Waals surface area (Å²) in [5, 5.41) is 21.8. The summed E-state index contributed by atoms with van der Waals surface area (Å²) >= 11 is 0. The van der Waals surface area contributed by atoms with Crippen molar-refractivity contribution >= 4 is 60.4 Å². The fraction of sp³-hybridized carbons (Fsp3) is 0.107. The molecule has 0 atom stereocenters. The Hall–Kier alpha value is -5.23. The zero-order valence-corrected chi connectivity index (χ0v) is 25.5. The number of nitrogens with one attached hydrogen (secondary N) is 2. The van der Waals surface area contributed by atoms with E-state index in [1.54, 1.807) is 31.2 Å². The lowest BCUT2D eigenvalue weighted by Gasteiger charge is -2.14. The van der Waals surface area contributed by atoms with Crippen molar-refractivity contribution in [3.63, 3.8) is 0 Å². The molecule has 0 aromatic heterocycles. The summed E-state index contributed by atoms with van der Waals surface area (Å²) < 4.78 is 73.8. The molecule has 4 aromatic carbocycles. The standard InChI is InChI=1S/C28H26N6O9S2/c1-17-14-25(27(43-3)16-24(17)34-32-19-6-11-22(12-7-19)45(39,40)41)30-28(35)29-23-13-8-20(15-26(23)42-2)33-31-18-4-9-21(10-5-18)44(36,37)38/h4-16H,1-3H3,(H2,29,30,35)(H,36,37,38)(H,39,40,41). The number of carbonyl (C=O) groups is 1. The van der Waals surface area contributed by atoms with E-state index in [0.717, 1.165) is 0 Å². The Labute approximate surface area is 258 Å². The maximum atomic E-state index is 12.9. The van der Waals surface area contributed by atoms with Gasteiger partial charge in [-0.2, -0.15) is 37.3 Å². The highest BCUT2D eigenvalue weighted by Crippen LogP contribution is 2.35. The van der Waals surface area contributed by atoms with E-state index < -0.39 is 26.3 Å². The molecule has 0 spiro atoms. The fourth-order valence-corrected chi connectivity index (χ4v) is 4.73. The molecule has 0 saturated carbocycles. The third-order valence-corrected chi connectivity index (χ3v) is 7.76. The molecule has 0 fully saturated rings. The van der Waals surface area contributed by atoms with Crippen LogP contribution in [0.1, 0.15) is 5.56 Å². The number of azo groups is 2. The molecule has 15 nitrogen and oxygen atoms in total. The average Bonchev–Trinajstić information content (AvgIpc) is 2.99. The molecular weight excluding hydrogens is 628 g/mol. The zero-order valence-electron chi connectivity index (χ0n) is 23.9. The molecule has 0 bridgehead atoms. The molecule has 0 heterocycles. The van der Waals surface area contributed by atoms with Crippen molar-refractivity contribution in [1.82, 2.24) is 0 Å². The highest BCUT2D eigenvalue weighted by atomic mass is 32.2. The van der Waals surface area contributed by atoms with Crippen LogP contribution in [0.2, 0.25) is 0 Å². The zero-order chi connectivity index (χ0) is 32.8. The first-order valence-electron chi connectivity index (χ1n) is 12.7. The number of hydrogen-bond donors (Lipinski definition) is 4. The van der Waals surface area contributed by atoms with E-state index >= 15 is 0 Å². The first-order valence-corrected chi connectivity index (χ1v) is 15.6. The number of ether oxygens (including phenoxy) is 2. The van der Waals surface area contributed by atoms with Crippen LogP contribution < -0.4 is 20.1 Å². The lowest BCUT2D eigenvalue weighted by Crippen LogP contribution is -2.20. The van der Waals surface area contributed by atoms with Crippen molar-refractivity contribution in [2.45, 2.75) is 16.7 Å². The lowest BCUT2D eigenvalue weighted by atomic mass is 10.1. The van der Waals surface area contributed by atoms with Crippen molar-refractivity contribution in [2.24, 2.45) is 20.5 Å². The van der Waals surface area contributed by atoms with Crippen LogP contribution >= 0.6 is 0 Å². The largest absolute Gasteiger partial charge is 0.494 e. The normalized spacial score (nSPS) is 11.9. The number of rotatable bonds is 10. The number of methoxy groups -OCH3 is 2. The minimum Gasteiger partial charge on any atom is -0.494 e. The summed E-state index contributed by atoms with van der Waals surface area (Å²) in [6.45, 7) is 1.75. The molecule has 0 radical (unpaired) electrons. The molecule has 4 aromatic rings. The van der Waals surface area contributed by atoms with Crippen molar-refractivity contribution in [3.05, 3.63) is 84.4 Å². The number of hydrogen-bond acceptors (Lipinski definition) is 11. The molecule has 17 heteroatoms. The van der Waals surface area contributed by atoms with E-state index in [-0.39, 0.29) is 15.5 Å². The number of anilines is 2. The Morgan fingerprint density at radius 2 is 1.07 bits per heavy atom. The summed E-state index contributed by atoms with van der Waals surface area (Å²) in [7, 11) is -5.81. The van der Waals surface area contributed by atoms with E-state index in [4.69, 9.17) is 18.6 Å². The highest BCUT2D eigenvalue weighted by molar-refractivity contribution is 7.86. The Morgan fingerprint density at radius 3 is 1.58 bits per heavy atom. The minimum atomic E-state index is -4.32. The SMILES string of the molecule is COc1cc(N=Nc2ccc(S(=O)(=O)O)cc2)ccc1NC(=O)Nc1cc(C)c(N=Nc2ccc(S(=O)(=O)O)cc2)cc1OC. The molecule has 0 saturated heterocycles. The van der Waals surface area contributed by atoms with Crippen LogP contribution in [0.15, 0.2) is 109 Å². The van der Waals surface area contributed by atoms with Gasteiger partial charge in [-0.3, -0.25) is 9.11 Å². The predicted molar refractivity (Wildman–Crippen MR) is 164 cm³/mol. The number of aryl methyl sites for hydroxylation is 1. The first kappa shape index (κ1) is 32.7. The molecule has 234 valence electrons. The molecule has 45 heavy (non-hydrogen) atoms. The Kier molecular flexibility index (Phi) is 9.88. The van der Waals surface area contributed by atoms with Crippen LogP contribution in [0, 0.1) is 6.92 Å². The van der Waals surface area contributed by atoms with Gasteiger partial charge in [0.05, 0.1) is 58.1 Å². The number of benzene rings is 4. The van der Waals surface area contributed by atoms with Crippen LogP contribution in [0.4, 0.5) is 38.9 Å². The molecule has 0 unspecified atom stereocenters. The lowest BCUT2D eigenvalue weighted by molar-refractivity contribution is 0.262. The third-order valence-electron chi connectivity index (χ3n) is 6.02. The Bertz CT molecular complexity index is 2000. The number of urea groups is 1. The predicted octanol–water partition coefficient (Wildman–Crippen LogP) is 6.98. The van der Waals surface area contributed by atoms with Gasteiger partial charge >= 0.3 is 6.03 Å². The number of amides is 2. The second kappa shape index (κ2) is 13.6. The van der Waals surface area contributed by atoms with Crippen LogP contribution in [0.5, 0.6) is 11.5 Å². The van der Waals surface area contributed by atoms with Gasteiger partial charge in [-0.15, -0.1) is 0 Å². The van der Waals surface area contributed by atoms with Gasteiger partial charge in [0.2, 0.25) is 0 Å². The highest BCUT2D eigenvalue weighted by Gasteiger charge is 2.14. The first-order chi connectivity index (χ1) is 21.3. The molecule has 0 aliphatic heterocycles. The van der Waals surface area contributed by atoms with Crippen molar-refractivity contribution in [3.8, 4) is 11.5 Å². The summed E-state index contributed by atoms with van der Waals surface area (Å²) in [5.74, 6) is 0.575. The minimum absolute atomic E-state index is 0.267. The molecule has 0 aliphatic carbocycles. The van der Waals surface area contributed by atoms with Crippen molar-refractivity contribution < 1.29 is 40.2 Å². The Morgan fingerprint density at radius 1 is 0.622 bits per heavy atom. The van der Waals surface area contributed by atoms with Crippen LogP contribution in [-0.2, 0) is 20.2 Å². The second-order valence-corrected chi connectivity index (χ2v) is 12.0. The van der Waals surface area contributed by atoms with Crippen LogP contribution in [0.3, 0.4) is 0 Å². The van der Waals surface area contributed by atoms with Crippen LogP contribution in [0.25, 0.3) is 0 Å². The maximum Gasteiger partial charge on any atom is 0.323 e. The van der Waals surface area contributed by atoms with Gasteiger partial charge in [0.25, 0.3) is 20.2 Å². The molecular formula is C28H26N6O9S2. The topological polar surface area (TPSA) is 218 Å². The van der Waals surface area contributed by atoms with Gasteiger partial charge in [0.15, 0.2) is 0 Å². The Balaban J connectivity index is 1.45. The van der Waals surface area contributed by atoms with Gasteiger partial charge in [0, 0.05) is 12.1 Å². The van der Waals surface area contributed by atoms with Crippen molar-refractivity contribution in [2.75, 3.05) is 24.9 Å². The van der Waals surface area contributed by atoms with E-state index in [9.17, 15) is 21.6 Å². The number of carbonyl (C=O) groups excluding carboxylic acids is 1. The maximum absolute atomic E-state index is 12.9.